The fourth-order valence-corrected chi connectivity index (χ4v) is 1.85. The summed E-state index contributed by atoms with van der Waals surface area (Å²) in [5.74, 6) is -2.01. The minimum absolute atomic E-state index is 0.296. The minimum Gasteiger partial charge on any atom is -0.341 e. The van der Waals surface area contributed by atoms with Gasteiger partial charge in [-0.3, -0.25) is 9.59 Å². The van der Waals surface area contributed by atoms with Crippen LogP contribution in [-0.2, 0) is 9.59 Å². The van der Waals surface area contributed by atoms with Gasteiger partial charge in [-0.15, -0.1) is 0 Å². The highest BCUT2D eigenvalue weighted by atomic mass is 19.1. The lowest BCUT2D eigenvalue weighted by Crippen LogP contribution is -2.39. The van der Waals surface area contributed by atoms with Crippen molar-refractivity contribution >= 4 is 18.0 Å². The molecule has 0 aliphatic heterocycles. The molecule has 118 valence electrons. The molecule has 0 saturated heterocycles. The second-order valence-electron chi connectivity index (χ2n) is 4.86. The second-order valence-corrected chi connectivity index (χ2v) is 4.86. The molecule has 0 bridgehead atoms. The number of hydrogen-bond donors (Lipinski definition) is 2. The molecule has 0 fully saturated rings. The fraction of sp³-hybridized carbons (Fsp3) is 0.118. The summed E-state index contributed by atoms with van der Waals surface area (Å²) in [5.41, 5.74) is 3.62. The number of carbonyl (C=O) groups is 2. The molecule has 2 amide bonds. The van der Waals surface area contributed by atoms with Gasteiger partial charge in [0.25, 0.3) is 0 Å². The molecule has 0 saturated carbocycles. The van der Waals surface area contributed by atoms with E-state index in [9.17, 15) is 14.0 Å². The molecule has 0 heterocycles. The molecule has 0 spiro atoms. The Hall–Kier alpha value is -3.02. The van der Waals surface area contributed by atoms with Gasteiger partial charge in [0.1, 0.15) is 5.82 Å². The zero-order valence-corrected chi connectivity index (χ0v) is 12.5. The monoisotopic (exact) mass is 313 g/mol. The average molecular weight is 313 g/mol. The van der Waals surface area contributed by atoms with E-state index >= 15 is 0 Å². The van der Waals surface area contributed by atoms with Crippen LogP contribution in [0, 0.1) is 5.82 Å². The summed E-state index contributed by atoms with van der Waals surface area (Å²) >= 11 is 0. The van der Waals surface area contributed by atoms with Crippen LogP contribution in [0.15, 0.2) is 59.7 Å². The topological polar surface area (TPSA) is 70.6 Å². The van der Waals surface area contributed by atoms with Gasteiger partial charge in [0.15, 0.2) is 0 Å². The van der Waals surface area contributed by atoms with Crippen molar-refractivity contribution in [2.45, 2.75) is 13.0 Å². The molecule has 2 rings (SSSR count). The largest absolute Gasteiger partial charge is 0.341 e. The number of halogens is 1. The van der Waals surface area contributed by atoms with Crippen LogP contribution in [0.2, 0.25) is 0 Å². The highest BCUT2D eigenvalue weighted by Crippen LogP contribution is 2.10. The van der Waals surface area contributed by atoms with E-state index in [1.165, 1.54) is 30.5 Å². The predicted molar refractivity (Wildman–Crippen MR) is 85.1 cm³/mol. The molecule has 5 nitrogen and oxygen atoms in total. The number of rotatable bonds is 4. The van der Waals surface area contributed by atoms with Crippen LogP contribution in [0.4, 0.5) is 4.39 Å². The van der Waals surface area contributed by atoms with Gasteiger partial charge in [-0.25, -0.2) is 9.82 Å². The second kappa shape index (κ2) is 7.84. The first kappa shape index (κ1) is 16.4. The Balaban J connectivity index is 1.85. The van der Waals surface area contributed by atoms with Crippen molar-refractivity contribution in [1.29, 1.82) is 0 Å². The molecular weight excluding hydrogens is 297 g/mol. The van der Waals surface area contributed by atoms with Crippen molar-refractivity contribution in [3.8, 4) is 0 Å². The molecule has 0 aliphatic carbocycles. The summed E-state index contributed by atoms with van der Waals surface area (Å²) in [5, 5.41) is 6.24. The van der Waals surface area contributed by atoms with Gasteiger partial charge in [-0.2, -0.15) is 5.10 Å². The van der Waals surface area contributed by atoms with E-state index in [0.29, 0.717) is 5.56 Å². The molecular formula is C17H16FN3O2. The molecule has 6 heteroatoms. The Labute approximate surface area is 133 Å². The van der Waals surface area contributed by atoms with Crippen molar-refractivity contribution < 1.29 is 14.0 Å². The summed E-state index contributed by atoms with van der Waals surface area (Å²) in [4.78, 5) is 23.4. The normalized spacial score (nSPS) is 11.9. The van der Waals surface area contributed by atoms with E-state index in [-0.39, 0.29) is 11.9 Å². The molecule has 0 aromatic heterocycles. The van der Waals surface area contributed by atoms with E-state index in [2.05, 4.69) is 15.8 Å². The SMILES string of the molecule is CC(NC(=O)C(=O)N/N=C/c1ccc(F)cc1)c1ccccc1. The number of carbonyl (C=O) groups excluding carboxylic acids is 2. The number of benzene rings is 2. The van der Waals surface area contributed by atoms with Crippen LogP contribution in [0.25, 0.3) is 0 Å². The summed E-state index contributed by atoms with van der Waals surface area (Å²) in [7, 11) is 0. The van der Waals surface area contributed by atoms with E-state index in [0.717, 1.165) is 5.56 Å². The maximum Gasteiger partial charge on any atom is 0.329 e. The van der Waals surface area contributed by atoms with Crippen LogP contribution < -0.4 is 10.7 Å². The molecule has 2 aromatic rings. The number of nitrogens with one attached hydrogen (secondary N) is 2. The summed E-state index contributed by atoms with van der Waals surface area (Å²) < 4.78 is 12.7. The van der Waals surface area contributed by atoms with Crippen molar-refractivity contribution in [2.75, 3.05) is 0 Å². The molecule has 1 unspecified atom stereocenters. The van der Waals surface area contributed by atoms with Gasteiger partial charge in [-0.05, 0) is 30.2 Å². The Morgan fingerprint density at radius 3 is 2.35 bits per heavy atom. The minimum atomic E-state index is -0.869. The van der Waals surface area contributed by atoms with Crippen LogP contribution in [-0.4, -0.2) is 18.0 Å². The summed E-state index contributed by atoms with van der Waals surface area (Å²) in [6.07, 6.45) is 1.32. The average Bonchev–Trinajstić information content (AvgIpc) is 2.57. The predicted octanol–water partition coefficient (Wildman–Crippen LogP) is 2.15. The standard InChI is InChI=1S/C17H16FN3O2/c1-12(14-5-3-2-4-6-14)20-16(22)17(23)21-19-11-13-7-9-15(18)10-8-13/h2-12H,1H3,(H,20,22)(H,21,23)/b19-11+. The van der Waals surface area contributed by atoms with Crippen LogP contribution in [0.3, 0.4) is 0 Å². The lowest BCUT2D eigenvalue weighted by atomic mass is 10.1. The van der Waals surface area contributed by atoms with Gasteiger partial charge in [-0.1, -0.05) is 42.5 Å². The maximum atomic E-state index is 12.7. The highest BCUT2D eigenvalue weighted by molar-refractivity contribution is 6.35. The Morgan fingerprint density at radius 1 is 1.04 bits per heavy atom. The molecule has 2 aromatic carbocycles. The number of hydrogen-bond acceptors (Lipinski definition) is 3. The van der Waals surface area contributed by atoms with Crippen LogP contribution >= 0.6 is 0 Å². The first-order chi connectivity index (χ1) is 11.1. The third-order valence-electron chi connectivity index (χ3n) is 3.10. The third-order valence-corrected chi connectivity index (χ3v) is 3.10. The maximum absolute atomic E-state index is 12.7. The first-order valence-corrected chi connectivity index (χ1v) is 7.00. The number of hydrazone groups is 1. The third kappa shape index (κ3) is 5.03. The van der Waals surface area contributed by atoms with Crippen molar-refractivity contribution in [1.82, 2.24) is 10.7 Å². The summed E-state index contributed by atoms with van der Waals surface area (Å²) in [6, 6.07) is 14.5. The Bertz CT molecular complexity index is 700. The first-order valence-electron chi connectivity index (χ1n) is 7.00. The van der Waals surface area contributed by atoms with Crippen molar-refractivity contribution in [3.63, 3.8) is 0 Å². The van der Waals surface area contributed by atoms with E-state index < -0.39 is 11.8 Å². The van der Waals surface area contributed by atoms with Crippen molar-refractivity contribution in [2.24, 2.45) is 5.10 Å². The zero-order chi connectivity index (χ0) is 16.7. The molecule has 0 radical (unpaired) electrons. The Kier molecular flexibility index (Phi) is 5.57. The quantitative estimate of drug-likeness (QED) is 0.516. The van der Waals surface area contributed by atoms with Crippen LogP contribution in [0.1, 0.15) is 24.1 Å². The summed E-state index contributed by atoms with van der Waals surface area (Å²) in [6.45, 7) is 1.78. The van der Waals surface area contributed by atoms with E-state index in [4.69, 9.17) is 0 Å². The van der Waals surface area contributed by atoms with E-state index in [1.54, 1.807) is 6.92 Å². The molecule has 2 N–H and O–H groups in total. The molecule has 23 heavy (non-hydrogen) atoms. The molecule has 0 aliphatic rings. The number of nitrogens with zero attached hydrogens (tertiary/aromatic N) is 1. The fourth-order valence-electron chi connectivity index (χ4n) is 1.85. The lowest BCUT2D eigenvalue weighted by Gasteiger charge is -2.13. The lowest BCUT2D eigenvalue weighted by molar-refractivity contribution is -0.139. The van der Waals surface area contributed by atoms with Gasteiger partial charge in [0, 0.05) is 0 Å². The zero-order valence-electron chi connectivity index (χ0n) is 12.5. The Morgan fingerprint density at radius 2 is 1.70 bits per heavy atom. The number of amides is 2. The molecule has 1 atom stereocenters. The van der Waals surface area contributed by atoms with Gasteiger partial charge in [0.05, 0.1) is 12.3 Å². The van der Waals surface area contributed by atoms with Gasteiger partial charge < -0.3 is 5.32 Å². The van der Waals surface area contributed by atoms with Crippen LogP contribution in [0.5, 0.6) is 0 Å². The highest BCUT2D eigenvalue weighted by Gasteiger charge is 2.16. The van der Waals surface area contributed by atoms with Crippen molar-refractivity contribution in [3.05, 3.63) is 71.5 Å². The van der Waals surface area contributed by atoms with Gasteiger partial charge >= 0.3 is 11.8 Å². The smallest absolute Gasteiger partial charge is 0.329 e. The van der Waals surface area contributed by atoms with E-state index in [1.807, 2.05) is 30.3 Å². The van der Waals surface area contributed by atoms with Gasteiger partial charge in [0.2, 0.25) is 0 Å².